The van der Waals surface area contributed by atoms with Gasteiger partial charge in [-0.15, -0.1) is 0 Å². The van der Waals surface area contributed by atoms with Crippen LogP contribution in [-0.4, -0.2) is 34.3 Å². The topological polar surface area (TPSA) is 80.6 Å². The number of anilines is 1. The number of carboxylic acids is 1. The first-order valence-corrected chi connectivity index (χ1v) is 11.6. The third-order valence-corrected chi connectivity index (χ3v) is 6.24. The first-order valence-electron chi connectivity index (χ1n) is 11.6. The Morgan fingerprint density at radius 3 is 2.65 bits per heavy atom. The van der Waals surface area contributed by atoms with E-state index in [0.717, 1.165) is 69.0 Å². The van der Waals surface area contributed by atoms with Crippen molar-refractivity contribution >= 4 is 17.6 Å². The maximum absolute atomic E-state index is 13.5. The van der Waals surface area contributed by atoms with Gasteiger partial charge in [-0.25, -0.2) is 0 Å². The highest BCUT2D eigenvalue weighted by Crippen LogP contribution is 2.36. The maximum atomic E-state index is 13.5. The summed E-state index contributed by atoms with van der Waals surface area (Å²) in [5.41, 5.74) is -0.0733. The number of hydrogen-bond acceptors (Lipinski definition) is 3. The van der Waals surface area contributed by atoms with Gasteiger partial charge in [0.05, 0.1) is 23.8 Å². The van der Waals surface area contributed by atoms with E-state index in [0.29, 0.717) is 0 Å². The summed E-state index contributed by atoms with van der Waals surface area (Å²) in [7, 11) is 0. The molecule has 1 aliphatic heterocycles. The summed E-state index contributed by atoms with van der Waals surface area (Å²) in [5.74, 6) is -1.83. The highest BCUT2D eigenvalue weighted by atomic mass is 19.4. The molecule has 1 aromatic heterocycles. The van der Waals surface area contributed by atoms with Crippen molar-refractivity contribution in [3.63, 3.8) is 0 Å². The van der Waals surface area contributed by atoms with Crippen molar-refractivity contribution in [1.29, 1.82) is 0 Å². The quantitative estimate of drug-likeness (QED) is 0.446. The average molecular weight is 481 g/mol. The second-order valence-electron chi connectivity index (χ2n) is 8.77. The molecule has 186 valence electrons. The SMILES string of the molecule is CC[C@H](C)n1c(CCCC2CCCO2)ccc1C(=O)Nc1cc(CC(=O)O)ccc1C(F)(F)F. The number of nitrogens with zero attached hydrogens (tertiary/aromatic N) is 1. The van der Waals surface area contributed by atoms with Crippen LogP contribution in [0.3, 0.4) is 0 Å². The number of rotatable bonds is 10. The minimum absolute atomic E-state index is 0.0195. The van der Waals surface area contributed by atoms with E-state index in [4.69, 9.17) is 9.84 Å². The molecule has 2 N–H and O–H groups in total. The lowest BCUT2D eigenvalue weighted by Crippen LogP contribution is -2.22. The summed E-state index contributed by atoms with van der Waals surface area (Å²) in [5, 5.41) is 11.4. The number of aromatic nitrogens is 1. The fourth-order valence-electron chi connectivity index (χ4n) is 4.38. The molecule has 34 heavy (non-hydrogen) atoms. The Morgan fingerprint density at radius 2 is 2.03 bits per heavy atom. The molecule has 6 nitrogen and oxygen atoms in total. The summed E-state index contributed by atoms with van der Waals surface area (Å²) < 4.78 is 48.2. The second-order valence-corrected chi connectivity index (χ2v) is 8.77. The van der Waals surface area contributed by atoms with Crippen molar-refractivity contribution in [1.82, 2.24) is 4.57 Å². The van der Waals surface area contributed by atoms with Gasteiger partial charge in [-0.1, -0.05) is 13.0 Å². The summed E-state index contributed by atoms with van der Waals surface area (Å²) >= 11 is 0. The van der Waals surface area contributed by atoms with Crippen LogP contribution in [0.4, 0.5) is 18.9 Å². The number of carboxylic acid groups (broad SMARTS) is 1. The fraction of sp³-hybridized carbons (Fsp3) is 0.520. The molecule has 2 heterocycles. The predicted molar refractivity (Wildman–Crippen MR) is 122 cm³/mol. The van der Waals surface area contributed by atoms with Gasteiger partial charge in [0.1, 0.15) is 5.69 Å². The van der Waals surface area contributed by atoms with Gasteiger partial charge in [-0.2, -0.15) is 13.2 Å². The normalized spacial score (nSPS) is 17.0. The highest BCUT2D eigenvalue weighted by molar-refractivity contribution is 6.04. The van der Waals surface area contributed by atoms with Crippen LogP contribution in [0, 0.1) is 0 Å². The van der Waals surface area contributed by atoms with Crippen LogP contribution in [-0.2, 0) is 28.5 Å². The molecule has 2 aromatic rings. The number of ether oxygens (including phenoxy) is 1. The van der Waals surface area contributed by atoms with Gasteiger partial charge < -0.3 is 19.7 Å². The molecule has 0 spiro atoms. The fourth-order valence-corrected chi connectivity index (χ4v) is 4.38. The van der Waals surface area contributed by atoms with E-state index < -0.39 is 35.7 Å². The molecule has 0 bridgehead atoms. The van der Waals surface area contributed by atoms with Crippen molar-refractivity contribution in [3.05, 3.63) is 52.8 Å². The second kappa shape index (κ2) is 11.1. The van der Waals surface area contributed by atoms with Crippen molar-refractivity contribution in [2.45, 2.75) is 77.1 Å². The van der Waals surface area contributed by atoms with Gasteiger partial charge in [0.25, 0.3) is 5.91 Å². The van der Waals surface area contributed by atoms with Gasteiger partial charge in [0.15, 0.2) is 0 Å². The largest absolute Gasteiger partial charge is 0.481 e. The van der Waals surface area contributed by atoms with Crippen molar-refractivity contribution < 1.29 is 32.6 Å². The lowest BCUT2D eigenvalue weighted by molar-refractivity contribution is -0.137. The Morgan fingerprint density at radius 1 is 1.26 bits per heavy atom. The molecular formula is C25H31F3N2O4. The number of carbonyl (C=O) groups is 2. The summed E-state index contributed by atoms with van der Waals surface area (Å²) in [6, 6.07) is 6.46. The Hall–Kier alpha value is -2.81. The average Bonchev–Trinajstić information content (AvgIpc) is 3.42. The van der Waals surface area contributed by atoms with Crippen LogP contribution in [0.2, 0.25) is 0 Å². The Labute approximate surface area is 197 Å². The molecule has 3 rings (SSSR count). The molecule has 1 fully saturated rings. The molecule has 2 atom stereocenters. The van der Waals surface area contributed by atoms with E-state index in [1.54, 1.807) is 6.07 Å². The zero-order valence-corrected chi connectivity index (χ0v) is 19.5. The van der Waals surface area contributed by atoms with E-state index in [1.807, 2.05) is 24.5 Å². The maximum Gasteiger partial charge on any atom is 0.418 e. The van der Waals surface area contributed by atoms with Crippen LogP contribution in [0.5, 0.6) is 0 Å². The minimum Gasteiger partial charge on any atom is -0.481 e. The highest BCUT2D eigenvalue weighted by Gasteiger charge is 2.34. The number of hydrogen-bond donors (Lipinski definition) is 2. The standard InChI is InChI=1S/C25H31F3N2O4/c1-3-16(2)30-18(6-4-7-19-8-5-13-34-19)10-12-22(30)24(33)29-21-14-17(15-23(31)32)9-11-20(21)25(26,27)28/h9-12,14,16,19H,3-8,13,15H2,1-2H3,(H,29,33)(H,31,32)/t16-,19?/m0/s1. The molecule has 1 unspecified atom stereocenters. The number of benzene rings is 1. The number of nitrogens with one attached hydrogen (secondary N) is 1. The zero-order valence-electron chi connectivity index (χ0n) is 19.5. The number of aryl methyl sites for hydroxylation is 1. The lowest BCUT2D eigenvalue weighted by atomic mass is 10.1. The van der Waals surface area contributed by atoms with Crippen LogP contribution < -0.4 is 5.32 Å². The molecule has 1 aliphatic rings. The van der Waals surface area contributed by atoms with Crippen molar-refractivity contribution in [2.24, 2.45) is 0 Å². The third-order valence-electron chi connectivity index (χ3n) is 6.24. The molecule has 0 radical (unpaired) electrons. The van der Waals surface area contributed by atoms with Crippen LogP contribution in [0.25, 0.3) is 0 Å². The van der Waals surface area contributed by atoms with Gasteiger partial charge >= 0.3 is 12.1 Å². The number of alkyl halides is 3. The van der Waals surface area contributed by atoms with Gasteiger partial charge in [0, 0.05) is 18.3 Å². The minimum atomic E-state index is -4.70. The summed E-state index contributed by atoms with van der Waals surface area (Å²) in [6.45, 7) is 4.75. The monoisotopic (exact) mass is 480 g/mol. The smallest absolute Gasteiger partial charge is 0.418 e. The number of amides is 1. The van der Waals surface area contributed by atoms with Crippen LogP contribution in [0.1, 0.15) is 79.3 Å². The van der Waals surface area contributed by atoms with Gasteiger partial charge in [-0.05, 0) is 75.3 Å². The van der Waals surface area contributed by atoms with E-state index in [2.05, 4.69) is 5.32 Å². The summed E-state index contributed by atoms with van der Waals surface area (Å²) in [4.78, 5) is 24.1. The molecule has 9 heteroatoms. The summed E-state index contributed by atoms with van der Waals surface area (Å²) in [6.07, 6.45) is 0.563. The Balaban J connectivity index is 1.84. The Bertz CT molecular complexity index is 1010. The van der Waals surface area contributed by atoms with E-state index >= 15 is 0 Å². The molecule has 0 saturated carbocycles. The zero-order chi connectivity index (χ0) is 24.9. The molecule has 1 saturated heterocycles. The first kappa shape index (κ1) is 25.8. The third kappa shape index (κ3) is 6.40. The molecule has 1 amide bonds. The molecular weight excluding hydrogens is 449 g/mol. The first-order chi connectivity index (χ1) is 16.1. The predicted octanol–water partition coefficient (Wildman–Crippen LogP) is 5.86. The Kier molecular flexibility index (Phi) is 8.41. The number of halogens is 3. The van der Waals surface area contributed by atoms with Crippen molar-refractivity contribution in [2.75, 3.05) is 11.9 Å². The van der Waals surface area contributed by atoms with Crippen molar-refractivity contribution in [3.8, 4) is 0 Å². The lowest BCUT2D eigenvalue weighted by Gasteiger charge is -2.21. The van der Waals surface area contributed by atoms with Crippen LogP contribution >= 0.6 is 0 Å². The van der Waals surface area contributed by atoms with E-state index in [-0.39, 0.29) is 23.4 Å². The molecule has 0 aliphatic carbocycles. The number of aliphatic carboxylic acids is 1. The van der Waals surface area contributed by atoms with Gasteiger partial charge in [0.2, 0.25) is 0 Å². The number of carbonyl (C=O) groups excluding carboxylic acids is 1. The van der Waals surface area contributed by atoms with Gasteiger partial charge in [-0.3, -0.25) is 9.59 Å². The van der Waals surface area contributed by atoms with Crippen LogP contribution in [0.15, 0.2) is 30.3 Å². The van der Waals surface area contributed by atoms with E-state index in [1.165, 1.54) is 0 Å². The van der Waals surface area contributed by atoms with E-state index in [9.17, 15) is 22.8 Å². The molecule has 1 aromatic carbocycles.